The van der Waals surface area contributed by atoms with Crippen LogP contribution in [0.4, 0.5) is 4.79 Å². The van der Waals surface area contributed by atoms with Gasteiger partial charge in [0.05, 0.1) is 17.4 Å². The number of amides is 2. The van der Waals surface area contributed by atoms with E-state index in [1.807, 2.05) is 24.5 Å². The molecule has 4 bridgehead atoms. The van der Waals surface area contributed by atoms with E-state index in [9.17, 15) is 4.79 Å². The van der Waals surface area contributed by atoms with Gasteiger partial charge in [-0.15, -0.1) is 0 Å². The summed E-state index contributed by atoms with van der Waals surface area (Å²) in [5.41, 5.74) is 2.20. The smallest absolute Gasteiger partial charge is 0.317 e. The van der Waals surface area contributed by atoms with Gasteiger partial charge >= 0.3 is 6.03 Å². The van der Waals surface area contributed by atoms with Crippen LogP contribution in [-0.4, -0.2) is 39.6 Å². The second-order valence-electron chi connectivity index (χ2n) is 8.59. The third-order valence-corrected chi connectivity index (χ3v) is 6.75. The molecule has 26 heavy (non-hydrogen) atoms. The van der Waals surface area contributed by atoms with Crippen LogP contribution in [0.2, 0.25) is 0 Å². The molecular formula is C21H28N4O. The average molecular weight is 352 g/mol. The van der Waals surface area contributed by atoms with Crippen molar-refractivity contribution in [2.75, 3.05) is 13.1 Å². The Bertz CT molecular complexity index is 786. The van der Waals surface area contributed by atoms with Crippen LogP contribution in [0.5, 0.6) is 0 Å². The first kappa shape index (κ1) is 16.2. The molecule has 6 rings (SSSR count). The third kappa shape index (κ3) is 2.97. The zero-order valence-corrected chi connectivity index (χ0v) is 15.3. The predicted molar refractivity (Wildman–Crippen MR) is 102 cm³/mol. The summed E-state index contributed by atoms with van der Waals surface area (Å²) < 4.78 is 2.17. The number of para-hydroxylation sites is 2. The number of benzene rings is 1. The number of imidazole rings is 1. The van der Waals surface area contributed by atoms with Crippen LogP contribution in [0.1, 0.15) is 38.5 Å². The van der Waals surface area contributed by atoms with Crippen LogP contribution >= 0.6 is 0 Å². The molecule has 2 saturated heterocycles. The van der Waals surface area contributed by atoms with Gasteiger partial charge in [0.15, 0.2) is 0 Å². The molecule has 2 saturated carbocycles. The summed E-state index contributed by atoms with van der Waals surface area (Å²) in [5.74, 6) is 2.50. The zero-order valence-electron chi connectivity index (χ0n) is 15.3. The molecule has 138 valence electrons. The highest BCUT2D eigenvalue weighted by atomic mass is 16.2. The van der Waals surface area contributed by atoms with Crippen LogP contribution in [0.25, 0.3) is 11.0 Å². The Morgan fingerprint density at radius 2 is 1.85 bits per heavy atom. The standard InChI is InChI=1S/C21H28N4O/c26-21(25-13-17-9-15-8-16(10-17)12-18(25)11-15)22-6-3-7-24-14-23-19-4-1-2-5-20(19)24/h1-2,4-5,14-18H,3,6-13H2,(H,22,26)/t15-,16+,17?,18?. The van der Waals surface area contributed by atoms with Gasteiger partial charge in [-0.1, -0.05) is 12.1 Å². The van der Waals surface area contributed by atoms with Gasteiger partial charge in [-0.2, -0.15) is 0 Å². The molecule has 5 heteroatoms. The molecule has 1 N–H and O–H groups in total. The first-order valence-corrected chi connectivity index (χ1v) is 10.2. The lowest BCUT2D eigenvalue weighted by Gasteiger charge is -2.38. The van der Waals surface area contributed by atoms with Crippen molar-refractivity contribution in [3.05, 3.63) is 30.6 Å². The van der Waals surface area contributed by atoms with Crippen molar-refractivity contribution in [1.82, 2.24) is 19.8 Å². The van der Waals surface area contributed by atoms with Gasteiger partial charge in [-0.3, -0.25) is 0 Å². The maximum Gasteiger partial charge on any atom is 0.317 e. The number of carbonyl (C=O) groups excluding carboxylic acids is 1. The fraction of sp³-hybridized carbons (Fsp3) is 0.619. The second kappa shape index (κ2) is 6.60. The van der Waals surface area contributed by atoms with E-state index in [1.165, 1.54) is 37.6 Å². The molecule has 4 fully saturated rings. The molecule has 2 amide bonds. The lowest BCUT2D eigenvalue weighted by molar-refractivity contribution is 0.131. The number of nitrogens with one attached hydrogen (secondary N) is 1. The molecule has 2 unspecified atom stereocenters. The Balaban J connectivity index is 1.15. The summed E-state index contributed by atoms with van der Waals surface area (Å²) >= 11 is 0. The Morgan fingerprint density at radius 3 is 2.69 bits per heavy atom. The molecule has 5 nitrogen and oxygen atoms in total. The Hall–Kier alpha value is -2.04. The van der Waals surface area contributed by atoms with Crippen LogP contribution < -0.4 is 5.32 Å². The minimum atomic E-state index is 0.165. The molecular weight excluding hydrogens is 324 g/mol. The van der Waals surface area contributed by atoms with Crippen LogP contribution in [-0.2, 0) is 6.54 Å². The van der Waals surface area contributed by atoms with Gasteiger partial charge in [-0.05, 0) is 68.4 Å². The Morgan fingerprint density at radius 1 is 1.08 bits per heavy atom. The lowest BCUT2D eigenvalue weighted by atomic mass is 9.68. The molecule has 4 aliphatic rings. The quantitative estimate of drug-likeness (QED) is 0.854. The monoisotopic (exact) mass is 352 g/mol. The van der Waals surface area contributed by atoms with E-state index >= 15 is 0 Å². The van der Waals surface area contributed by atoms with E-state index in [2.05, 4.69) is 25.8 Å². The maximum atomic E-state index is 12.8. The van der Waals surface area contributed by atoms with Crippen LogP contribution in [0.3, 0.4) is 0 Å². The van der Waals surface area contributed by atoms with E-state index in [1.54, 1.807) is 0 Å². The van der Waals surface area contributed by atoms with Gasteiger partial charge in [0.1, 0.15) is 0 Å². The van der Waals surface area contributed by atoms with Crippen molar-refractivity contribution in [3.63, 3.8) is 0 Å². The Kier molecular flexibility index (Phi) is 4.10. The molecule has 1 aromatic carbocycles. The number of urea groups is 1. The third-order valence-electron chi connectivity index (χ3n) is 6.75. The van der Waals surface area contributed by atoms with Gasteiger partial charge in [0.2, 0.25) is 0 Å². The highest BCUT2D eigenvalue weighted by molar-refractivity contribution is 5.75. The summed E-state index contributed by atoms with van der Waals surface area (Å²) in [4.78, 5) is 19.4. The average Bonchev–Trinajstić information content (AvgIpc) is 2.95. The zero-order chi connectivity index (χ0) is 17.5. The molecule has 0 spiro atoms. The molecule has 2 aliphatic carbocycles. The van der Waals surface area contributed by atoms with Gasteiger partial charge < -0.3 is 14.8 Å². The van der Waals surface area contributed by atoms with Crippen molar-refractivity contribution in [2.24, 2.45) is 17.8 Å². The summed E-state index contributed by atoms with van der Waals surface area (Å²) in [6.45, 7) is 2.60. The number of aryl methyl sites for hydroxylation is 1. The van der Waals surface area contributed by atoms with Crippen molar-refractivity contribution >= 4 is 17.1 Å². The first-order valence-electron chi connectivity index (χ1n) is 10.2. The highest BCUT2D eigenvalue weighted by Gasteiger charge is 2.43. The number of hydrogen-bond donors (Lipinski definition) is 1. The van der Waals surface area contributed by atoms with E-state index < -0.39 is 0 Å². The number of hydrogen-bond acceptors (Lipinski definition) is 2. The minimum absolute atomic E-state index is 0.165. The summed E-state index contributed by atoms with van der Waals surface area (Å²) in [5, 5.41) is 3.19. The van der Waals surface area contributed by atoms with E-state index in [-0.39, 0.29) is 6.03 Å². The normalized spacial score (nSPS) is 29.9. The number of aromatic nitrogens is 2. The minimum Gasteiger partial charge on any atom is -0.338 e. The second-order valence-corrected chi connectivity index (χ2v) is 8.59. The van der Waals surface area contributed by atoms with Crippen molar-refractivity contribution in [1.29, 1.82) is 0 Å². The first-order chi connectivity index (χ1) is 12.8. The number of nitrogens with zero attached hydrogens (tertiary/aromatic N) is 3. The molecule has 2 aliphatic heterocycles. The fourth-order valence-electron chi connectivity index (χ4n) is 5.77. The molecule has 3 heterocycles. The lowest BCUT2D eigenvalue weighted by Crippen LogP contribution is -2.47. The van der Waals surface area contributed by atoms with Gasteiger partial charge in [-0.25, -0.2) is 9.78 Å². The summed E-state index contributed by atoms with van der Waals surface area (Å²) in [7, 11) is 0. The van der Waals surface area contributed by atoms with Gasteiger partial charge in [0.25, 0.3) is 0 Å². The van der Waals surface area contributed by atoms with Crippen LogP contribution in [0.15, 0.2) is 30.6 Å². The van der Waals surface area contributed by atoms with Crippen molar-refractivity contribution < 1.29 is 4.79 Å². The van der Waals surface area contributed by atoms with E-state index in [4.69, 9.17) is 0 Å². The van der Waals surface area contributed by atoms with Gasteiger partial charge in [0, 0.05) is 25.7 Å². The van der Waals surface area contributed by atoms with Crippen molar-refractivity contribution in [3.8, 4) is 0 Å². The maximum absolute atomic E-state index is 12.8. The number of rotatable bonds is 4. The number of fused-ring (bicyclic) bond motifs is 2. The fourth-order valence-corrected chi connectivity index (χ4v) is 5.77. The Labute approximate surface area is 154 Å². The molecule has 0 radical (unpaired) electrons. The molecule has 2 aromatic rings. The van der Waals surface area contributed by atoms with E-state index in [0.717, 1.165) is 49.3 Å². The predicted octanol–water partition coefficient (Wildman–Crippen LogP) is 3.65. The largest absolute Gasteiger partial charge is 0.338 e. The van der Waals surface area contributed by atoms with E-state index in [0.29, 0.717) is 6.04 Å². The number of carbonyl (C=O) groups is 1. The summed E-state index contributed by atoms with van der Waals surface area (Å²) in [6.07, 6.45) is 9.43. The molecule has 4 atom stereocenters. The highest BCUT2D eigenvalue weighted by Crippen LogP contribution is 2.47. The topological polar surface area (TPSA) is 50.2 Å². The van der Waals surface area contributed by atoms with Crippen molar-refractivity contribution in [2.45, 2.75) is 51.1 Å². The SMILES string of the molecule is O=C(NCCCn1cnc2ccccc21)N1CC2C[C@@H]3CC1C[C@H](C2)C3. The van der Waals surface area contributed by atoms with Crippen LogP contribution in [0, 0.1) is 17.8 Å². The summed E-state index contributed by atoms with van der Waals surface area (Å²) in [6, 6.07) is 8.85. The molecule has 1 aromatic heterocycles.